The predicted molar refractivity (Wildman–Crippen MR) is 121 cm³/mol. The number of nitrogens with zero attached hydrogens (tertiary/aromatic N) is 4. The Kier molecular flexibility index (Phi) is 6.13. The number of amides is 1. The van der Waals surface area contributed by atoms with Gasteiger partial charge in [0, 0.05) is 23.2 Å². The van der Waals surface area contributed by atoms with Gasteiger partial charge in [-0.2, -0.15) is 0 Å². The Morgan fingerprint density at radius 1 is 1.10 bits per heavy atom. The second-order valence-electron chi connectivity index (χ2n) is 7.16. The molecule has 0 saturated carbocycles. The molecule has 0 atom stereocenters. The van der Waals surface area contributed by atoms with Crippen LogP contribution >= 0.6 is 22.9 Å². The fourth-order valence-corrected chi connectivity index (χ4v) is 4.35. The fourth-order valence-electron chi connectivity index (χ4n) is 3.08. The van der Waals surface area contributed by atoms with E-state index in [0.29, 0.717) is 22.5 Å². The lowest BCUT2D eigenvalue weighted by Gasteiger charge is -2.19. The van der Waals surface area contributed by atoms with Gasteiger partial charge in [-0.05, 0) is 45.3 Å². The van der Waals surface area contributed by atoms with Crippen LogP contribution in [-0.2, 0) is 0 Å². The first-order valence-electron chi connectivity index (χ1n) is 9.56. The molecule has 0 radical (unpaired) electrons. The van der Waals surface area contributed by atoms with E-state index in [-0.39, 0.29) is 11.6 Å². The summed E-state index contributed by atoms with van der Waals surface area (Å²) in [4.78, 5) is 21.8. The van der Waals surface area contributed by atoms with Crippen LogP contribution in [-0.4, -0.2) is 48.1 Å². The normalized spacial score (nSPS) is 11.3. The lowest BCUT2D eigenvalue weighted by atomic mass is 10.1. The number of anilines is 1. The third kappa shape index (κ3) is 4.53. The molecule has 0 unspecified atom stereocenters. The molecule has 4 aromatic rings. The molecule has 8 heteroatoms. The summed E-state index contributed by atoms with van der Waals surface area (Å²) < 4.78 is 6.37. The zero-order chi connectivity index (χ0) is 21.1. The molecular formula is C22H21ClN4O2S. The molecule has 0 saturated heterocycles. The number of benzene rings is 2. The fraction of sp³-hybridized carbons (Fsp3) is 0.227. The van der Waals surface area contributed by atoms with Gasteiger partial charge in [-0.15, -0.1) is 0 Å². The van der Waals surface area contributed by atoms with E-state index in [1.54, 1.807) is 17.0 Å². The molecule has 0 aliphatic carbocycles. The van der Waals surface area contributed by atoms with Crippen LogP contribution in [0.1, 0.15) is 16.9 Å². The van der Waals surface area contributed by atoms with Crippen molar-refractivity contribution in [1.29, 1.82) is 0 Å². The summed E-state index contributed by atoms with van der Waals surface area (Å²) >= 11 is 7.56. The summed E-state index contributed by atoms with van der Waals surface area (Å²) in [6, 6.07) is 16.8. The summed E-state index contributed by atoms with van der Waals surface area (Å²) in [5.74, 6) is 0.327. The molecule has 2 aromatic carbocycles. The lowest BCUT2D eigenvalue weighted by Crippen LogP contribution is -2.33. The van der Waals surface area contributed by atoms with Gasteiger partial charge in [0.25, 0.3) is 5.91 Å². The number of thiazole rings is 1. The molecule has 0 fully saturated rings. The Hall–Kier alpha value is -2.74. The molecule has 2 aromatic heterocycles. The van der Waals surface area contributed by atoms with E-state index in [9.17, 15) is 4.79 Å². The number of hydrogen-bond donors (Lipinski definition) is 0. The lowest BCUT2D eigenvalue weighted by molar-refractivity contribution is 0.0977. The SMILES string of the molecule is CN(C)CCCN(C(=O)c1cc(-c2ccccc2)on1)c1nc2ccc(Cl)cc2s1. The molecular weight excluding hydrogens is 420 g/mol. The smallest absolute Gasteiger partial charge is 0.282 e. The zero-order valence-electron chi connectivity index (χ0n) is 16.7. The minimum absolute atomic E-state index is 0.232. The highest BCUT2D eigenvalue weighted by Crippen LogP contribution is 2.32. The molecule has 0 bridgehead atoms. The summed E-state index contributed by atoms with van der Waals surface area (Å²) in [5.41, 5.74) is 1.95. The van der Waals surface area contributed by atoms with Crippen LogP contribution in [0.2, 0.25) is 5.02 Å². The summed E-state index contributed by atoms with van der Waals surface area (Å²) in [5, 5.41) is 5.30. The Bertz CT molecular complexity index is 1160. The van der Waals surface area contributed by atoms with Gasteiger partial charge in [-0.1, -0.05) is 58.4 Å². The molecule has 0 aliphatic heterocycles. The highest BCUT2D eigenvalue weighted by molar-refractivity contribution is 7.22. The van der Waals surface area contributed by atoms with E-state index in [1.165, 1.54) is 11.3 Å². The third-order valence-electron chi connectivity index (χ3n) is 4.59. The minimum atomic E-state index is -0.232. The Labute approximate surface area is 183 Å². The van der Waals surface area contributed by atoms with Crippen molar-refractivity contribution in [3.8, 4) is 11.3 Å². The van der Waals surface area contributed by atoms with Crippen molar-refractivity contribution in [3.63, 3.8) is 0 Å². The van der Waals surface area contributed by atoms with Crippen molar-refractivity contribution in [3.05, 3.63) is 65.3 Å². The van der Waals surface area contributed by atoms with Crippen molar-refractivity contribution in [2.75, 3.05) is 32.1 Å². The van der Waals surface area contributed by atoms with Crippen LogP contribution in [0.5, 0.6) is 0 Å². The van der Waals surface area contributed by atoms with Gasteiger partial charge in [0.15, 0.2) is 16.6 Å². The largest absolute Gasteiger partial charge is 0.355 e. The second kappa shape index (κ2) is 8.95. The van der Waals surface area contributed by atoms with Gasteiger partial charge in [-0.25, -0.2) is 4.98 Å². The standard InChI is InChI=1S/C22H21ClN4O2S/c1-26(2)11-6-12-27(22-24-17-10-9-16(23)13-20(17)30-22)21(28)18-14-19(29-25-18)15-7-4-3-5-8-15/h3-5,7-10,13-14H,6,11-12H2,1-2H3. The maximum atomic E-state index is 13.3. The summed E-state index contributed by atoms with van der Waals surface area (Å²) in [6.07, 6.45) is 0.804. The molecule has 4 rings (SSSR count). The maximum Gasteiger partial charge on any atom is 0.282 e. The van der Waals surface area contributed by atoms with E-state index in [0.717, 1.165) is 28.7 Å². The molecule has 0 N–H and O–H groups in total. The van der Waals surface area contributed by atoms with Crippen LogP contribution in [0.25, 0.3) is 21.5 Å². The Morgan fingerprint density at radius 3 is 2.67 bits per heavy atom. The number of rotatable bonds is 7. The van der Waals surface area contributed by atoms with Crippen molar-refractivity contribution < 1.29 is 9.32 Å². The van der Waals surface area contributed by atoms with Crippen LogP contribution in [0.3, 0.4) is 0 Å². The van der Waals surface area contributed by atoms with Crippen molar-refractivity contribution >= 4 is 44.2 Å². The predicted octanol–water partition coefficient (Wildman–Crippen LogP) is 5.20. The van der Waals surface area contributed by atoms with E-state index in [2.05, 4.69) is 15.0 Å². The number of aromatic nitrogens is 2. The molecule has 0 spiro atoms. The van der Waals surface area contributed by atoms with Gasteiger partial charge >= 0.3 is 0 Å². The molecule has 30 heavy (non-hydrogen) atoms. The number of fused-ring (bicyclic) bond motifs is 1. The van der Waals surface area contributed by atoms with Gasteiger partial charge in [0.1, 0.15) is 0 Å². The van der Waals surface area contributed by atoms with E-state index >= 15 is 0 Å². The number of carbonyl (C=O) groups is 1. The first kappa shape index (κ1) is 20.5. The molecule has 1 amide bonds. The van der Waals surface area contributed by atoms with Crippen LogP contribution in [0.4, 0.5) is 5.13 Å². The first-order chi connectivity index (χ1) is 14.5. The summed E-state index contributed by atoms with van der Waals surface area (Å²) in [7, 11) is 4.02. The van der Waals surface area contributed by atoms with Gasteiger partial charge < -0.3 is 9.42 Å². The minimum Gasteiger partial charge on any atom is -0.355 e. The van der Waals surface area contributed by atoms with E-state index < -0.39 is 0 Å². The van der Waals surface area contributed by atoms with Crippen molar-refractivity contribution in [2.45, 2.75) is 6.42 Å². The number of hydrogen-bond acceptors (Lipinski definition) is 6. The topological polar surface area (TPSA) is 62.5 Å². The van der Waals surface area contributed by atoms with Crippen molar-refractivity contribution in [2.24, 2.45) is 0 Å². The zero-order valence-corrected chi connectivity index (χ0v) is 18.3. The van der Waals surface area contributed by atoms with E-state index in [4.69, 9.17) is 16.1 Å². The monoisotopic (exact) mass is 440 g/mol. The highest BCUT2D eigenvalue weighted by Gasteiger charge is 2.24. The van der Waals surface area contributed by atoms with Crippen LogP contribution in [0.15, 0.2) is 59.1 Å². The summed E-state index contributed by atoms with van der Waals surface area (Å²) in [6.45, 7) is 1.38. The highest BCUT2D eigenvalue weighted by atomic mass is 35.5. The van der Waals surface area contributed by atoms with Crippen LogP contribution < -0.4 is 4.90 Å². The third-order valence-corrected chi connectivity index (χ3v) is 5.87. The molecule has 154 valence electrons. The Morgan fingerprint density at radius 2 is 1.90 bits per heavy atom. The van der Waals surface area contributed by atoms with Crippen LogP contribution in [0, 0.1) is 0 Å². The quantitative estimate of drug-likeness (QED) is 0.395. The average Bonchev–Trinajstić information content (AvgIpc) is 3.38. The molecule has 6 nitrogen and oxygen atoms in total. The number of halogens is 1. The van der Waals surface area contributed by atoms with Gasteiger partial charge in [0.05, 0.1) is 10.2 Å². The molecule has 2 heterocycles. The molecule has 0 aliphatic rings. The Balaban J connectivity index is 1.64. The van der Waals surface area contributed by atoms with Gasteiger partial charge in [0.2, 0.25) is 0 Å². The van der Waals surface area contributed by atoms with Gasteiger partial charge in [-0.3, -0.25) is 9.69 Å². The first-order valence-corrected chi connectivity index (χ1v) is 10.8. The number of carbonyl (C=O) groups excluding carboxylic acids is 1. The second-order valence-corrected chi connectivity index (χ2v) is 8.61. The average molecular weight is 441 g/mol. The van der Waals surface area contributed by atoms with E-state index in [1.807, 2.05) is 56.6 Å². The van der Waals surface area contributed by atoms with Crippen molar-refractivity contribution in [1.82, 2.24) is 15.0 Å². The maximum absolute atomic E-state index is 13.3.